The van der Waals surface area contributed by atoms with Gasteiger partial charge in [-0.15, -0.1) is 0 Å². The fourth-order valence-electron chi connectivity index (χ4n) is 4.36. The van der Waals surface area contributed by atoms with Crippen LogP contribution in [0.2, 0.25) is 0 Å². The molecule has 0 heterocycles. The number of rotatable bonds is 8. The number of amides is 2. The molecule has 0 aliphatic heterocycles. The van der Waals surface area contributed by atoms with Crippen LogP contribution < -0.4 is 5.32 Å². The molecule has 7 nitrogen and oxygen atoms in total. The number of carboxylic acids is 1. The molecule has 1 aliphatic rings. The number of carbonyl (C=O) groups is 3. The predicted octanol–water partition coefficient (Wildman–Crippen LogP) is 3.30. The van der Waals surface area contributed by atoms with Crippen molar-refractivity contribution in [2.75, 3.05) is 21.1 Å². The summed E-state index contributed by atoms with van der Waals surface area (Å²) < 4.78 is 0. The van der Waals surface area contributed by atoms with Gasteiger partial charge < -0.3 is 15.3 Å². The second-order valence-corrected chi connectivity index (χ2v) is 10.6. The molecule has 0 aromatic heterocycles. The first-order chi connectivity index (χ1) is 14.1. The minimum Gasteiger partial charge on any atom is -0.478 e. The molecule has 178 valence electrons. The molecule has 0 bridgehead atoms. The van der Waals surface area contributed by atoms with Gasteiger partial charge in [-0.05, 0) is 45.2 Å². The summed E-state index contributed by atoms with van der Waals surface area (Å²) >= 11 is 0. The van der Waals surface area contributed by atoms with Crippen molar-refractivity contribution in [3.63, 3.8) is 0 Å². The maximum atomic E-state index is 13.6. The van der Waals surface area contributed by atoms with E-state index in [-0.39, 0.29) is 29.3 Å². The molecule has 2 atom stereocenters. The van der Waals surface area contributed by atoms with E-state index >= 15 is 0 Å². The van der Waals surface area contributed by atoms with Gasteiger partial charge in [0.15, 0.2) is 0 Å². The van der Waals surface area contributed by atoms with Crippen molar-refractivity contribution >= 4 is 17.8 Å². The number of nitrogens with one attached hydrogen (secondary N) is 1. The van der Waals surface area contributed by atoms with E-state index in [1.165, 1.54) is 6.92 Å². The number of likely N-dealkylation sites (N-methyl/N-ethyl adjacent to an activating group) is 2. The number of nitrogens with zero attached hydrogens (tertiary/aromatic N) is 2. The Kier molecular flexibility index (Phi) is 9.30. The van der Waals surface area contributed by atoms with Gasteiger partial charge in [-0.2, -0.15) is 0 Å². The molecule has 0 spiro atoms. The van der Waals surface area contributed by atoms with Crippen molar-refractivity contribution in [3.05, 3.63) is 11.6 Å². The van der Waals surface area contributed by atoms with E-state index < -0.39 is 23.0 Å². The molecule has 0 saturated heterocycles. The molecule has 7 heteroatoms. The van der Waals surface area contributed by atoms with E-state index in [9.17, 15) is 19.5 Å². The second-order valence-electron chi connectivity index (χ2n) is 10.6. The molecule has 31 heavy (non-hydrogen) atoms. The van der Waals surface area contributed by atoms with E-state index in [0.717, 1.165) is 32.1 Å². The monoisotopic (exact) mass is 437 g/mol. The number of aliphatic carboxylic acids is 1. The quantitative estimate of drug-likeness (QED) is 0.569. The third kappa shape index (κ3) is 6.55. The maximum absolute atomic E-state index is 13.6. The number of carbonyl (C=O) groups excluding carboxylic acids is 2. The molecule has 0 aromatic carbocycles. The van der Waals surface area contributed by atoms with Crippen LogP contribution in [0, 0.1) is 11.3 Å². The summed E-state index contributed by atoms with van der Waals surface area (Å²) in [5.41, 5.74) is -0.905. The zero-order valence-electron chi connectivity index (χ0n) is 20.9. The zero-order valence-corrected chi connectivity index (χ0v) is 20.9. The largest absolute Gasteiger partial charge is 0.478 e. The highest BCUT2D eigenvalue weighted by molar-refractivity contribution is 5.93. The lowest BCUT2D eigenvalue weighted by Crippen LogP contribution is -2.63. The third-order valence-electron chi connectivity index (χ3n) is 6.58. The van der Waals surface area contributed by atoms with Crippen LogP contribution in [0.5, 0.6) is 0 Å². The van der Waals surface area contributed by atoms with Gasteiger partial charge in [-0.25, -0.2) is 4.79 Å². The van der Waals surface area contributed by atoms with Crippen molar-refractivity contribution in [3.8, 4) is 0 Å². The lowest BCUT2D eigenvalue weighted by Gasteiger charge is -2.44. The second kappa shape index (κ2) is 10.6. The van der Waals surface area contributed by atoms with Crippen molar-refractivity contribution in [2.45, 2.75) is 91.3 Å². The first-order valence-corrected chi connectivity index (χ1v) is 11.3. The van der Waals surface area contributed by atoms with Crippen molar-refractivity contribution in [1.29, 1.82) is 0 Å². The van der Waals surface area contributed by atoms with Gasteiger partial charge in [0, 0.05) is 12.6 Å². The van der Waals surface area contributed by atoms with E-state index in [2.05, 4.69) is 5.32 Å². The molecule has 0 aromatic rings. The summed E-state index contributed by atoms with van der Waals surface area (Å²) in [6.45, 7) is 11.3. The molecule has 1 unspecified atom stereocenters. The van der Waals surface area contributed by atoms with Crippen LogP contribution in [-0.2, 0) is 14.4 Å². The summed E-state index contributed by atoms with van der Waals surface area (Å²) in [6.07, 6.45) is 6.29. The first kappa shape index (κ1) is 27.1. The molecular weight excluding hydrogens is 394 g/mol. The Bertz CT molecular complexity index is 685. The third-order valence-corrected chi connectivity index (χ3v) is 6.58. The van der Waals surface area contributed by atoms with Crippen molar-refractivity contribution in [2.24, 2.45) is 11.3 Å². The summed E-state index contributed by atoms with van der Waals surface area (Å²) in [7, 11) is 5.55. The van der Waals surface area contributed by atoms with Crippen LogP contribution in [0.15, 0.2) is 11.6 Å². The molecule has 1 rings (SSSR count). The van der Waals surface area contributed by atoms with E-state index in [4.69, 9.17) is 0 Å². The lowest BCUT2D eigenvalue weighted by molar-refractivity contribution is -0.144. The highest BCUT2D eigenvalue weighted by atomic mass is 16.4. The fourth-order valence-corrected chi connectivity index (χ4v) is 4.36. The molecule has 2 amide bonds. The standard InChI is InChI=1S/C24H43N3O4/c1-16(2)18(15-17(3)21(29)30)27(9)20(28)19(23(4,5)6)25-22(31)24(26(7)8)13-11-10-12-14-24/h15-16,18-19H,10-14H2,1-9H3,(H,25,31)(H,29,30)/b17-15+/t18-,19?/m1/s1. The summed E-state index contributed by atoms with van der Waals surface area (Å²) in [4.78, 5) is 42.0. The molecule has 1 fully saturated rings. The van der Waals surface area contributed by atoms with Crippen molar-refractivity contribution < 1.29 is 19.5 Å². The van der Waals surface area contributed by atoms with Gasteiger partial charge in [-0.3, -0.25) is 14.5 Å². The van der Waals surface area contributed by atoms with Crippen LogP contribution in [0.3, 0.4) is 0 Å². The van der Waals surface area contributed by atoms with Crippen LogP contribution in [-0.4, -0.2) is 71.5 Å². The van der Waals surface area contributed by atoms with Gasteiger partial charge in [0.2, 0.25) is 11.8 Å². The van der Waals surface area contributed by atoms with Gasteiger partial charge in [-0.1, -0.05) is 60.0 Å². The predicted molar refractivity (Wildman–Crippen MR) is 124 cm³/mol. The summed E-state index contributed by atoms with van der Waals surface area (Å²) in [6, 6.07) is -1.11. The number of hydrogen-bond acceptors (Lipinski definition) is 4. The Morgan fingerprint density at radius 3 is 1.94 bits per heavy atom. The lowest BCUT2D eigenvalue weighted by atomic mass is 9.78. The van der Waals surface area contributed by atoms with Gasteiger partial charge in [0.25, 0.3) is 0 Å². The maximum Gasteiger partial charge on any atom is 0.331 e. The highest BCUT2D eigenvalue weighted by Gasteiger charge is 2.45. The summed E-state index contributed by atoms with van der Waals surface area (Å²) in [5.74, 6) is -1.29. The Balaban J connectivity index is 3.23. The fraction of sp³-hybridized carbons (Fsp3) is 0.792. The van der Waals surface area contributed by atoms with Gasteiger partial charge in [0.05, 0.1) is 11.6 Å². The average molecular weight is 438 g/mol. The number of hydrogen-bond donors (Lipinski definition) is 2. The Hall–Kier alpha value is -1.89. The Labute approximate surface area is 188 Å². The Morgan fingerprint density at radius 1 is 1.03 bits per heavy atom. The van der Waals surface area contributed by atoms with Gasteiger partial charge in [0.1, 0.15) is 6.04 Å². The normalized spacial score (nSPS) is 19.1. The average Bonchev–Trinajstić information content (AvgIpc) is 2.67. The first-order valence-electron chi connectivity index (χ1n) is 11.3. The van der Waals surface area contributed by atoms with E-state index in [0.29, 0.717) is 0 Å². The van der Waals surface area contributed by atoms with E-state index in [1.54, 1.807) is 18.0 Å². The van der Waals surface area contributed by atoms with Crippen LogP contribution >= 0.6 is 0 Å². The minimum atomic E-state index is -1.00. The van der Waals surface area contributed by atoms with E-state index in [1.807, 2.05) is 53.6 Å². The molecule has 0 radical (unpaired) electrons. The molecule has 1 saturated carbocycles. The van der Waals surface area contributed by atoms with Crippen LogP contribution in [0.4, 0.5) is 0 Å². The Morgan fingerprint density at radius 2 is 1.55 bits per heavy atom. The van der Waals surface area contributed by atoms with Gasteiger partial charge >= 0.3 is 5.97 Å². The van der Waals surface area contributed by atoms with Crippen LogP contribution in [0.1, 0.15) is 73.6 Å². The molecule has 2 N–H and O–H groups in total. The molecule has 1 aliphatic carbocycles. The highest BCUT2D eigenvalue weighted by Crippen LogP contribution is 2.33. The minimum absolute atomic E-state index is 0.0195. The topological polar surface area (TPSA) is 90.0 Å². The van der Waals surface area contributed by atoms with Crippen molar-refractivity contribution in [1.82, 2.24) is 15.1 Å². The zero-order chi connectivity index (χ0) is 24.1. The number of carboxylic acid groups (broad SMARTS) is 1. The smallest absolute Gasteiger partial charge is 0.331 e. The SMILES string of the molecule is C/C(=C\[C@H](C(C)C)N(C)C(=O)C(NC(=O)C1(N(C)C)CCCCC1)C(C)(C)C)C(=O)O. The summed E-state index contributed by atoms with van der Waals surface area (Å²) in [5, 5.41) is 12.4. The molecular formula is C24H43N3O4. The van der Waals surface area contributed by atoms with Crippen LogP contribution in [0.25, 0.3) is 0 Å².